The molecule has 0 unspecified atom stereocenters. The van der Waals surface area contributed by atoms with Gasteiger partial charge in [0.25, 0.3) is 0 Å². The summed E-state index contributed by atoms with van der Waals surface area (Å²) in [5.74, 6) is 0.224. The molecule has 17 heavy (non-hydrogen) atoms. The van der Waals surface area contributed by atoms with E-state index in [9.17, 15) is 4.79 Å². The number of hydrogen-bond donors (Lipinski definition) is 1. The summed E-state index contributed by atoms with van der Waals surface area (Å²) in [6, 6.07) is 0.734. The van der Waals surface area contributed by atoms with Crippen molar-refractivity contribution >= 4 is 5.91 Å². The van der Waals surface area contributed by atoms with Gasteiger partial charge in [-0.15, -0.1) is 0 Å². The van der Waals surface area contributed by atoms with Crippen LogP contribution in [-0.2, 0) is 9.53 Å². The van der Waals surface area contributed by atoms with Crippen LogP contribution in [0.4, 0.5) is 0 Å². The molecule has 1 aliphatic rings. The summed E-state index contributed by atoms with van der Waals surface area (Å²) in [6.07, 6.45) is 4.69. The second-order valence-electron chi connectivity index (χ2n) is 4.70. The summed E-state index contributed by atoms with van der Waals surface area (Å²) in [6.45, 7) is 6.01. The standard InChI is InChI=1S/C13H26N2O2/c1-3-15(13(16)9-10-17-4-2)12-7-5-11(14)6-8-12/h11-12H,3-10,14H2,1-2H3. The number of amides is 1. The first kappa shape index (κ1) is 14.5. The van der Waals surface area contributed by atoms with E-state index < -0.39 is 0 Å². The molecule has 0 aromatic carbocycles. The van der Waals surface area contributed by atoms with Crippen LogP contribution in [-0.4, -0.2) is 42.6 Å². The Morgan fingerprint density at radius 1 is 1.29 bits per heavy atom. The zero-order valence-electron chi connectivity index (χ0n) is 11.2. The third-order valence-electron chi connectivity index (χ3n) is 3.51. The molecule has 0 aliphatic heterocycles. The predicted molar refractivity (Wildman–Crippen MR) is 68.7 cm³/mol. The zero-order valence-corrected chi connectivity index (χ0v) is 11.2. The molecule has 2 N–H and O–H groups in total. The molecule has 0 bridgehead atoms. The first-order valence-corrected chi connectivity index (χ1v) is 6.81. The summed E-state index contributed by atoms with van der Waals surface area (Å²) < 4.78 is 5.24. The lowest BCUT2D eigenvalue weighted by atomic mass is 9.90. The second-order valence-corrected chi connectivity index (χ2v) is 4.70. The first-order chi connectivity index (χ1) is 8.19. The van der Waals surface area contributed by atoms with Gasteiger partial charge in [0.2, 0.25) is 5.91 Å². The molecule has 4 heteroatoms. The van der Waals surface area contributed by atoms with Crippen molar-refractivity contribution in [3.8, 4) is 0 Å². The van der Waals surface area contributed by atoms with Gasteiger partial charge in [0.1, 0.15) is 0 Å². The number of hydrogen-bond acceptors (Lipinski definition) is 3. The van der Waals surface area contributed by atoms with Crippen LogP contribution in [0.25, 0.3) is 0 Å². The van der Waals surface area contributed by atoms with Crippen molar-refractivity contribution in [1.82, 2.24) is 4.90 Å². The van der Waals surface area contributed by atoms with Crippen molar-refractivity contribution in [3.05, 3.63) is 0 Å². The molecule has 0 radical (unpaired) electrons. The molecular weight excluding hydrogens is 216 g/mol. The monoisotopic (exact) mass is 242 g/mol. The van der Waals surface area contributed by atoms with E-state index in [0.29, 0.717) is 31.7 Å². The molecule has 1 amide bonds. The highest BCUT2D eigenvalue weighted by Crippen LogP contribution is 2.22. The maximum atomic E-state index is 12.0. The van der Waals surface area contributed by atoms with Gasteiger partial charge in [-0.1, -0.05) is 0 Å². The number of ether oxygens (including phenoxy) is 1. The number of nitrogens with zero attached hydrogens (tertiary/aromatic N) is 1. The molecule has 1 fully saturated rings. The minimum absolute atomic E-state index is 0.224. The van der Waals surface area contributed by atoms with E-state index in [0.717, 1.165) is 32.2 Å². The molecule has 0 heterocycles. The average molecular weight is 242 g/mol. The average Bonchev–Trinajstić information content (AvgIpc) is 2.33. The smallest absolute Gasteiger partial charge is 0.225 e. The Balaban J connectivity index is 2.38. The van der Waals surface area contributed by atoms with Crippen LogP contribution in [0.2, 0.25) is 0 Å². The highest BCUT2D eigenvalue weighted by Gasteiger charge is 2.26. The fraction of sp³-hybridized carbons (Fsp3) is 0.923. The predicted octanol–water partition coefficient (Wildman–Crippen LogP) is 1.53. The Hall–Kier alpha value is -0.610. The van der Waals surface area contributed by atoms with Gasteiger partial charge in [-0.2, -0.15) is 0 Å². The van der Waals surface area contributed by atoms with Crippen LogP contribution in [0.15, 0.2) is 0 Å². The zero-order chi connectivity index (χ0) is 12.7. The van der Waals surface area contributed by atoms with Crippen molar-refractivity contribution in [2.75, 3.05) is 19.8 Å². The van der Waals surface area contributed by atoms with Crippen LogP contribution in [0.1, 0.15) is 46.0 Å². The highest BCUT2D eigenvalue weighted by molar-refractivity contribution is 5.76. The third-order valence-corrected chi connectivity index (χ3v) is 3.51. The number of nitrogens with two attached hydrogens (primary N) is 1. The Morgan fingerprint density at radius 3 is 2.47 bits per heavy atom. The van der Waals surface area contributed by atoms with Crippen LogP contribution < -0.4 is 5.73 Å². The minimum atomic E-state index is 0.224. The van der Waals surface area contributed by atoms with E-state index in [4.69, 9.17) is 10.5 Å². The molecule has 0 saturated heterocycles. The molecule has 1 rings (SSSR count). The Kier molecular flexibility index (Phi) is 6.52. The van der Waals surface area contributed by atoms with Gasteiger partial charge >= 0.3 is 0 Å². The van der Waals surface area contributed by atoms with Crippen LogP contribution in [0.5, 0.6) is 0 Å². The van der Waals surface area contributed by atoms with E-state index in [1.54, 1.807) is 0 Å². The van der Waals surface area contributed by atoms with Gasteiger partial charge in [-0.25, -0.2) is 0 Å². The van der Waals surface area contributed by atoms with E-state index in [2.05, 4.69) is 0 Å². The number of carbonyl (C=O) groups excluding carboxylic acids is 1. The molecule has 0 aromatic rings. The molecular formula is C13H26N2O2. The van der Waals surface area contributed by atoms with Gasteiger partial charge in [-0.3, -0.25) is 4.79 Å². The van der Waals surface area contributed by atoms with Gasteiger partial charge in [0.05, 0.1) is 13.0 Å². The normalized spacial score (nSPS) is 24.6. The van der Waals surface area contributed by atoms with Crippen molar-refractivity contribution in [2.24, 2.45) is 5.73 Å². The number of rotatable bonds is 6. The van der Waals surface area contributed by atoms with E-state index in [1.165, 1.54) is 0 Å². The van der Waals surface area contributed by atoms with E-state index >= 15 is 0 Å². The van der Waals surface area contributed by atoms with E-state index in [1.807, 2.05) is 18.7 Å². The molecule has 0 atom stereocenters. The summed E-state index contributed by atoms with van der Waals surface area (Å²) in [5, 5.41) is 0. The molecule has 4 nitrogen and oxygen atoms in total. The summed E-state index contributed by atoms with van der Waals surface area (Å²) in [4.78, 5) is 14.0. The molecule has 0 aromatic heterocycles. The number of carbonyl (C=O) groups is 1. The Labute approximate surface area is 104 Å². The maximum absolute atomic E-state index is 12.0. The summed E-state index contributed by atoms with van der Waals surface area (Å²) >= 11 is 0. The largest absolute Gasteiger partial charge is 0.381 e. The third kappa shape index (κ3) is 4.64. The molecule has 100 valence electrons. The first-order valence-electron chi connectivity index (χ1n) is 6.81. The van der Waals surface area contributed by atoms with Crippen molar-refractivity contribution in [3.63, 3.8) is 0 Å². The van der Waals surface area contributed by atoms with Gasteiger partial charge in [-0.05, 0) is 39.5 Å². The van der Waals surface area contributed by atoms with Crippen LogP contribution in [0.3, 0.4) is 0 Å². The lowest BCUT2D eigenvalue weighted by Crippen LogP contribution is -2.44. The van der Waals surface area contributed by atoms with Crippen molar-refractivity contribution in [2.45, 2.75) is 58.0 Å². The SMILES string of the molecule is CCOCCC(=O)N(CC)C1CCC(N)CC1. The fourth-order valence-corrected chi connectivity index (χ4v) is 2.50. The van der Waals surface area contributed by atoms with Gasteiger partial charge in [0.15, 0.2) is 0 Å². The Bertz CT molecular complexity index is 225. The molecule has 1 aliphatic carbocycles. The van der Waals surface area contributed by atoms with Crippen LogP contribution in [0, 0.1) is 0 Å². The minimum Gasteiger partial charge on any atom is -0.381 e. The van der Waals surface area contributed by atoms with Crippen molar-refractivity contribution < 1.29 is 9.53 Å². The Morgan fingerprint density at radius 2 is 1.94 bits per heavy atom. The quantitative estimate of drug-likeness (QED) is 0.719. The fourth-order valence-electron chi connectivity index (χ4n) is 2.50. The molecule has 1 saturated carbocycles. The second kappa shape index (κ2) is 7.67. The maximum Gasteiger partial charge on any atom is 0.225 e. The lowest BCUT2D eigenvalue weighted by Gasteiger charge is -2.35. The molecule has 0 spiro atoms. The summed E-state index contributed by atoms with van der Waals surface area (Å²) in [7, 11) is 0. The topological polar surface area (TPSA) is 55.6 Å². The lowest BCUT2D eigenvalue weighted by molar-refractivity contribution is -0.135. The van der Waals surface area contributed by atoms with Crippen LogP contribution >= 0.6 is 0 Å². The van der Waals surface area contributed by atoms with Crippen molar-refractivity contribution in [1.29, 1.82) is 0 Å². The highest BCUT2D eigenvalue weighted by atomic mass is 16.5. The van der Waals surface area contributed by atoms with Gasteiger partial charge < -0.3 is 15.4 Å². The van der Waals surface area contributed by atoms with E-state index in [-0.39, 0.29) is 5.91 Å². The summed E-state index contributed by atoms with van der Waals surface area (Å²) in [5.41, 5.74) is 5.89. The van der Waals surface area contributed by atoms with Gasteiger partial charge in [0, 0.05) is 25.2 Å².